The summed E-state index contributed by atoms with van der Waals surface area (Å²) in [5.74, 6) is 0.243. The molecule has 0 atom stereocenters. The summed E-state index contributed by atoms with van der Waals surface area (Å²) in [5.41, 5.74) is 2.27. The Hall–Kier alpha value is -3.55. The number of nitrogens with zero attached hydrogens (tertiary/aromatic N) is 3. The molecule has 3 N–H and O–H groups in total. The largest absolute Gasteiger partial charge is 0.385 e. The number of hydrogen-bond donors (Lipinski definition) is 3. The fraction of sp³-hybridized carbons (Fsp3) is 0.543. The van der Waals surface area contributed by atoms with E-state index < -0.39 is 0 Å². The smallest absolute Gasteiger partial charge is 0.251 e. The minimum absolute atomic E-state index is 0.0179. The molecule has 4 rings (SSSR count). The maximum atomic E-state index is 12.3. The molecule has 2 aromatic carbocycles. The molecule has 0 spiro atoms. The van der Waals surface area contributed by atoms with Gasteiger partial charge in [0, 0.05) is 56.1 Å². The van der Waals surface area contributed by atoms with Gasteiger partial charge in [-0.1, -0.05) is 26.0 Å². The van der Waals surface area contributed by atoms with E-state index in [2.05, 4.69) is 46.0 Å². The first-order valence-corrected chi connectivity index (χ1v) is 17.4. The van der Waals surface area contributed by atoms with Crippen LogP contribution in [0.15, 0.2) is 47.4 Å². The third-order valence-electron chi connectivity index (χ3n) is 7.98. The molecule has 0 unspecified atom stereocenters. The van der Waals surface area contributed by atoms with Crippen LogP contribution in [0.25, 0.3) is 10.8 Å². The van der Waals surface area contributed by atoms with E-state index in [1.165, 1.54) is 37.7 Å². The molecular weight excluding hydrogens is 584 g/mol. The molecule has 0 aromatic heterocycles. The number of anilines is 1. The molecule has 1 heterocycles. The number of carbonyl (C=O) groups excluding carboxylic acids is 3. The Kier molecular flexibility index (Phi) is 15.8. The second kappa shape index (κ2) is 19.8. The fourth-order valence-corrected chi connectivity index (χ4v) is 5.88. The topological polar surface area (TPSA) is 118 Å². The van der Waals surface area contributed by atoms with E-state index in [0.29, 0.717) is 11.3 Å². The van der Waals surface area contributed by atoms with Gasteiger partial charge in [0.15, 0.2) is 0 Å². The van der Waals surface area contributed by atoms with Crippen LogP contribution in [0.5, 0.6) is 0 Å². The molecule has 45 heavy (non-hydrogen) atoms. The lowest BCUT2D eigenvalue weighted by Crippen LogP contribution is -2.39. The van der Waals surface area contributed by atoms with E-state index in [4.69, 9.17) is 5.26 Å². The van der Waals surface area contributed by atoms with E-state index in [1.54, 1.807) is 17.4 Å². The highest BCUT2D eigenvalue weighted by Gasteiger charge is 2.20. The summed E-state index contributed by atoms with van der Waals surface area (Å²) in [5, 5.41) is 22.2. The van der Waals surface area contributed by atoms with Gasteiger partial charge in [-0.25, -0.2) is 0 Å². The normalized spacial score (nSPS) is 14.9. The van der Waals surface area contributed by atoms with Gasteiger partial charge in [-0.05, 0) is 98.5 Å². The SMILES string of the molecule is CCCN(C)C(=O)CS/C=C(/C#N)CC(=O)NC1CCC1.CCCNc1ccc2cc(C(=O)NCCN3CCCC3)ccc2c1. The highest BCUT2D eigenvalue weighted by Crippen LogP contribution is 2.21. The second-order valence-corrected chi connectivity index (χ2v) is 12.6. The van der Waals surface area contributed by atoms with Gasteiger partial charge >= 0.3 is 0 Å². The number of thioether (sulfide) groups is 1. The van der Waals surface area contributed by atoms with Crippen LogP contribution in [0.3, 0.4) is 0 Å². The zero-order valence-corrected chi connectivity index (χ0v) is 28.0. The van der Waals surface area contributed by atoms with Gasteiger partial charge in [0.05, 0.1) is 18.2 Å². The van der Waals surface area contributed by atoms with Gasteiger partial charge < -0.3 is 25.8 Å². The van der Waals surface area contributed by atoms with Crippen LogP contribution in [-0.2, 0) is 9.59 Å². The lowest BCUT2D eigenvalue weighted by Gasteiger charge is -2.26. The van der Waals surface area contributed by atoms with Crippen molar-refractivity contribution >= 4 is 45.9 Å². The number of nitriles is 1. The Bertz CT molecular complexity index is 1330. The second-order valence-electron chi connectivity index (χ2n) is 11.8. The first kappa shape index (κ1) is 35.9. The van der Waals surface area contributed by atoms with Gasteiger partial charge in [0.2, 0.25) is 11.8 Å². The highest BCUT2D eigenvalue weighted by molar-refractivity contribution is 8.02. The summed E-state index contributed by atoms with van der Waals surface area (Å²) < 4.78 is 0. The van der Waals surface area contributed by atoms with Gasteiger partial charge in [-0.15, -0.1) is 11.8 Å². The summed E-state index contributed by atoms with van der Waals surface area (Å²) in [4.78, 5) is 39.9. The number of amides is 3. The lowest BCUT2D eigenvalue weighted by molar-refractivity contribution is -0.127. The molecule has 1 aliphatic heterocycles. The molecule has 244 valence electrons. The molecule has 1 aliphatic carbocycles. The van der Waals surface area contributed by atoms with Gasteiger partial charge in [0.25, 0.3) is 5.91 Å². The van der Waals surface area contributed by atoms with Crippen molar-refractivity contribution in [2.45, 2.75) is 71.3 Å². The number of fused-ring (bicyclic) bond motifs is 1. The maximum absolute atomic E-state index is 12.3. The van der Waals surface area contributed by atoms with Crippen molar-refractivity contribution in [3.05, 3.63) is 52.9 Å². The first-order chi connectivity index (χ1) is 21.8. The van der Waals surface area contributed by atoms with Crippen molar-refractivity contribution in [2.24, 2.45) is 0 Å². The van der Waals surface area contributed by atoms with Crippen LogP contribution in [0.2, 0.25) is 0 Å². The van der Waals surface area contributed by atoms with Crippen molar-refractivity contribution in [3.8, 4) is 6.07 Å². The molecule has 1 saturated carbocycles. The van der Waals surface area contributed by atoms with Crippen LogP contribution in [-0.4, -0.2) is 85.6 Å². The third-order valence-corrected chi connectivity index (χ3v) is 8.84. The Morgan fingerprint density at radius 3 is 2.42 bits per heavy atom. The zero-order valence-electron chi connectivity index (χ0n) is 27.2. The van der Waals surface area contributed by atoms with E-state index in [-0.39, 0.29) is 30.2 Å². The average molecular weight is 635 g/mol. The average Bonchev–Trinajstić information content (AvgIpc) is 3.55. The van der Waals surface area contributed by atoms with Crippen molar-refractivity contribution in [2.75, 3.05) is 57.4 Å². The van der Waals surface area contributed by atoms with E-state index >= 15 is 0 Å². The standard InChI is InChI=1S/C20H27N3O.C15H23N3O2S/c1-2-9-21-19-8-7-16-14-18(6-5-17(16)15-19)20(24)22-10-13-23-11-3-4-12-23;1-3-7-18(2)15(20)11-21-10-12(9-16)8-14(19)17-13-5-4-6-13/h5-8,14-15,21H,2-4,9-13H2,1H3,(H,22,24);10,13H,3-8,11H2,1-2H3,(H,17,19)/b;12-10+. The molecule has 2 aliphatic rings. The Morgan fingerprint density at radius 1 is 1.02 bits per heavy atom. The number of benzene rings is 2. The Morgan fingerprint density at radius 2 is 1.76 bits per heavy atom. The van der Waals surface area contributed by atoms with Crippen LogP contribution >= 0.6 is 11.8 Å². The minimum Gasteiger partial charge on any atom is -0.385 e. The van der Waals surface area contributed by atoms with Gasteiger partial charge in [0.1, 0.15) is 0 Å². The van der Waals surface area contributed by atoms with Crippen LogP contribution < -0.4 is 16.0 Å². The quantitative estimate of drug-likeness (QED) is 0.220. The summed E-state index contributed by atoms with van der Waals surface area (Å²) in [6.07, 6.45) is 7.92. The van der Waals surface area contributed by atoms with Crippen LogP contribution in [0, 0.1) is 11.3 Å². The Balaban J connectivity index is 0.000000248. The maximum Gasteiger partial charge on any atom is 0.251 e. The molecule has 10 heteroatoms. The fourth-order valence-electron chi connectivity index (χ4n) is 5.10. The first-order valence-electron chi connectivity index (χ1n) is 16.3. The van der Waals surface area contributed by atoms with Crippen molar-refractivity contribution in [3.63, 3.8) is 0 Å². The van der Waals surface area contributed by atoms with Crippen molar-refractivity contribution in [1.29, 1.82) is 5.26 Å². The number of likely N-dealkylation sites (tertiary alicyclic amines) is 1. The predicted octanol–water partition coefficient (Wildman–Crippen LogP) is 5.54. The van der Waals surface area contributed by atoms with E-state index in [0.717, 1.165) is 80.3 Å². The molecule has 2 aromatic rings. The number of carbonyl (C=O) groups is 3. The number of hydrogen-bond acceptors (Lipinski definition) is 7. The number of nitrogens with one attached hydrogen (secondary N) is 3. The molecule has 0 radical (unpaired) electrons. The highest BCUT2D eigenvalue weighted by atomic mass is 32.2. The zero-order chi connectivity index (χ0) is 32.4. The third kappa shape index (κ3) is 12.8. The summed E-state index contributed by atoms with van der Waals surface area (Å²) in [6.45, 7) is 9.89. The van der Waals surface area contributed by atoms with Crippen LogP contribution in [0.1, 0.15) is 75.6 Å². The van der Waals surface area contributed by atoms with Crippen molar-refractivity contribution in [1.82, 2.24) is 20.4 Å². The monoisotopic (exact) mass is 634 g/mol. The molecule has 9 nitrogen and oxygen atoms in total. The molecule has 1 saturated heterocycles. The van der Waals surface area contributed by atoms with Gasteiger partial charge in [-0.3, -0.25) is 14.4 Å². The summed E-state index contributed by atoms with van der Waals surface area (Å²) in [6, 6.07) is 14.5. The van der Waals surface area contributed by atoms with Gasteiger partial charge in [-0.2, -0.15) is 5.26 Å². The summed E-state index contributed by atoms with van der Waals surface area (Å²) >= 11 is 1.27. The van der Waals surface area contributed by atoms with Crippen molar-refractivity contribution < 1.29 is 14.4 Å². The molecule has 0 bridgehead atoms. The predicted molar refractivity (Wildman–Crippen MR) is 185 cm³/mol. The summed E-state index contributed by atoms with van der Waals surface area (Å²) in [7, 11) is 1.77. The molecule has 2 fully saturated rings. The minimum atomic E-state index is -0.109. The lowest BCUT2D eigenvalue weighted by atomic mass is 9.93. The molecule has 3 amide bonds. The van der Waals surface area contributed by atoms with Crippen LogP contribution in [0.4, 0.5) is 5.69 Å². The van der Waals surface area contributed by atoms with E-state index in [1.807, 2.05) is 31.2 Å². The van der Waals surface area contributed by atoms with E-state index in [9.17, 15) is 14.4 Å². The molecular formula is C35H50N6O3S. The number of rotatable bonds is 15. The Labute approximate surface area is 273 Å².